The molecule has 0 saturated heterocycles. The third kappa shape index (κ3) is 1.82. The van der Waals surface area contributed by atoms with Crippen LogP contribution in [0, 0.1) is 11.8 Å². The van der Waals surface area contributed by atoms with E-state index in [2.05, 4.69) is 4.98 Å². The molecule has 0 radical (unpaired) electrons. The van der Waals surface area contributed by atoms with Crippen molar-refractivity contribution < 1.29 is 14.3 Å². The van der Waals surface area contributed by atoms with Crippen molar-refractivity contribution in [2.45, 2.75) is 31.6 Å². The lowest BCUT2D eigenvalue weighted by atomic mass is 9.98. The van der Waals surface area contributed by atoms with Crippen molar-refractivity contribution >= 4 is 17.1 Å². The van der Waals surface area contributed by atoms with Crippen molar-refractivity contribution in [2.75, 3.05) is 0 Å². The first-order valence-electron chi connectivity index (χ1n) is 6.87. The molecular formula is C15H15NO3. The highest BCUT2D eigenvalue weighted by Gasteiger charge is 2.45. The number of carbonyl (C=O) groups is 1. The van der Waals surface area contributed by atoms with Gasteiger partial charge in [0.2, 0.25) is 0 Å². The van der Waals surface area contributed by atoms with Gasteiger partial charge in [-0.05, 0) is 49.7 Å². The summed E-state index contributed by atoms with van der Waals surface area (Å²) < 4.78 is 5.83. The van der Waals surface area contributed by atoms with Gasteiger partial charge in [0, 0.05) is 5.92 Å². The first-order chi connectivity index (χ1) is 9.24. The Morgan fingerprint density at radius 2 is 1.95 bits per heavy atom. The van der Waals surface area contributed by atoms with Crippen LogP contribution in [0.25, 0.3) is 11.1 Å². The second kappa shape index (κ2) is 3.83. The molecule has 1 N–H and O–H groups in total. The topological polar surface area (TPSA) is 63.3 Å². The first-order valence-corrected chi connectivity index (χ1v) is 6.87. The number of para-hydroxylation sites is 1. The van der Waals surface area contributed by atoms with Crippen LogP contribution in [0.1, 0.15) is 47.8 Å². The minimum Gasteiger partial charge on any atom is -0.478 e. The maximum atomic E-state index is 11.2. The van der Waals surface area contributed by atoms with E-state index in [1.54, 1.807) is 12.1 Å². The van der Waals surface area contributed by atoms with E-state index in [0.29, 0.717) is 28.9 Å². The molecule has 2 aliphatic carbocycles. The molecule has 1 aromatic carbocycles. The number of aromatic nitrogens is 1. The number of hydrogen-bond acceptors (Lipinski definition) is 3. The van der Waals surface area contributed by atoms with Crippen LogP contribution in [0.5, 0.6) is 0 Å². The fourth-order valence-electron chi connectivity index (χ4n) is 2.98. The van der Waals surface area contributed by atoms with Gasteiger partial charge in [0.1, 0.15) is 11.1 Å². The Morgan fingerprint density at radius 1 is 1.26 bits per heavy atom. The van der Waals surface area contributed by atoms with Crippen molar-refractivity contribution in [1.29, 1.82) is 0 Å². The molecule has 4 heteroatoms. The lowest BCUT2D eigenvalue weighted by molar-refractivity contribution is 0.0698. The van der Waals surface area contributed by atoms with Crippen LogP contribution >= 0.6 is 0 Å². The number of benzene rings is 1. The standard InChI is InChI=1S/C15H15NO3/c17-15(18)10-2-1-3-11-13(10)19-14(16-11)12(8-4-5-8)9-6-7-9/h1-3,8-9,12H,4-7H2,(H,17,18). The molecule has 0 aliphatic heterocycles. The zero-order valence-electron chi connectivity index (χ0n) is 10.5. The van der Waals surface area contributed by atoms with Crippen LogP contribution in [-0.4, -0.2) is 16.1 Å². The number of carboxylic acid groups (broad SMARTS) is 1. The number of oxazole rings is 1. The minimum atomic E-state index is -0.956. The summed E-state index contributed by atoms with van der Waals surface area (Å²) in [5.74, 6) is 1.62. The van der Waals surface area contributed by atoms with Crippen LogP contribution in [0.4, 0.5) is 0 Å². The molecule has 98 valence electrons. The fraction of sp³-hybridized carbons (Fsp3) is 0.467. The van der Waals surface area contributed by atoms with E-state index in [0.717, 1.165) is 5.89 Å². The largest absolute Gasteiger partial charge is 0.478 e. The minimum absolute atomic E-state index is 0.210. The quantitative estimate of drug-likeness (QED) is 0.911. The molecule has 2 saturated carbocycles. The zero-order valence-corrected chi connectivity index (χ0v) is 10.5. The van der Waals surface area contributed by atoms with Gasteiger partial charge in [0.15, 0.2) is 11.5 Å². The highest BCUT2D eigenvalue weighted by atomic mass is 16.4. The van der Waals surface area contributed by atoms with E-state index in [-0.39, 0.29) is 5.56 Å². The molecule has 19 heavy (non-hydrogen) atoms. The average molecular weight is 257 g/mol. The summed E-state index contributed by atoms with van der Waals surface area (Å²) in [5, 5.41) is 9.19. The molecule has 0 bridgehead atoms. The number of hydrogen-bond donors (Lipinski definition) is 1. The molecule has 2 aromatic rings. The smallest absolute Gasteiger partial charge is 0.339 e. The molecule has 0 atom stereocenters. The molecule has 0 amide bonds. The van der Waals surface area contributed by atoms with E-state index in [9.17, 15) is 9.90 Å². The van der Waals surface area contributed by atoms with Gasteiger partial charge in [0.25, 0.3) is 0 Å². The van der Waals surface area contributed by atoms with Gasteiger partial charge in [-0.15, -0.1) is 0 Å². The predicted octanol–water partition coefficient (Wildman–Crippen LogP) is 3.43. The van der Waals surface area contributed by atoms with Crippen molar-refractivity contribution in [1.82, 2.24) is 4.98 Å². The lowest BCUT2D eigenvalue weighted by Crippen LogP contribution is -2.03. The molecule has 0 spiro atoms. The van der Waals surface area contributed by atoms with Crippen molar-refractivity contribution in [3.05, 3.63) is 29.7 Å². The maximum absolute atomic E-state index is 11.2. The zero-order chi connectivity index (χ0) is 13.0. The second-order valence-electron chi connectivity index (χ2n) is 5.71. The van der Waals surface area contributed by atoms with Gasteiger partial charge in [-0.1, -0.05) is 6.07 Å². The van der Waals surface area contributed by atoms with Crippen LogP contribution in [-0.2, 0) is 0 Å². The molecule has 1 aromatic heterocycles. The van der Waals surface area contributed by atoms with E-state index in [1.807, 2.05) is 6.07 Å². The summed E-state index contributed by atoms with van der Waals surface area (Å²) in [6, 6.07) is 5.12. The predicted molar refractivity (Wildman–Crippen MR) is 69.2 cm³/mol. The highest BCUT2D eigenvalue weighted by Crippen LogP contribution is 2.54. The highest BCUT2D eigenvalue weighted by molar-refractivity contribution is 5.99. The van der Waals surface area contributed by atoms with Crippen LogP contribution < -0.4 is 0 Å². The van der Waals surface area contributed by atoms with E-state index >= 15 is 0 Å². The Labute approximate surface area is 110 Å². The second-order valence-corrected chi connectivity index (χ2v) is 5.71. The number of nitrogens with zero attached hydrogens (tertiary/aromatic N) is 1. The van der Waals surface area contributed by atoms with Crippen molar-refractivity contribution in [2.24, 2.45) is 11.8 Å². The number of carboxylic acids is 1. The summed E-state index contributed by atoms with van der Waals surface area (Å²) in [7, 11) is 0. The summed E-state index contributed by atoms with van der Waals surface area (Å²) in [6.45, 7) is 0. The summed E-state index contributed by atoms with van der Waals surface area (Å²) in [4.78, 5) is 15.7. The molecule has 0 unspecified atom stereocenters. The van der Waals surface area contributed by atoms with E-state index in [4.69, 9.17) is 4.42 Å². The SMILES string of the molecule is O=C(O)c1cccc2nc(C(C3CC3)C3CC3)oc12. The summed E-state index contributed by atoms with van der Waals surface area (Å²) >= 11 is 0. The van der Waals surface area contributed by atoms with Gasteiger partial charge >= 0.3 is 5.97 Å². The van der Waals surface area contributed by atoms with Gasteiger partial charge in [-0.25, -0.2) is 9.78 Å². The van der Waals surface area contributed by atoms with Crippen molar-refractivity contribution in [3.63, 3.8) is 0 Å². The van der Waals surface area contributed by atoms with E-state index < -0.39 is 5.97 Å². The summed E-state index contributed by atoms with van der Waals surface area (Å²) in [6.07, 6.45) is 5.02. The molecule has 1 heterocycles. The Hall–Kier alpha value is -1.84. The Kier molecular flexibility index (Phi) is 2.22. The van der Waals surface area contributed by atoms with E-state index in [1.165, 1.54) is 25.7 Å². The first kappa shape index (κ1) is 11.0. The molecule has 2 fully saturated rings. The Balaban J connectivity index is 1.82. The average Bonchev–Trinajstić information content (AvgIpc) is 3.28. The molecule has 4 rings (SSSR count). The van der Waals surface area contributed by atoms with Gasteiger partial charge in [-0.3, -0.25) is 0 Å². The monoisotopic (exact) mass is 257 g/mol. The molecule has 4 nitrogen and oxygen atoms in total. The van der Waals surface area contributed by atoms with Crippen LogP contribution in [0.3, 0.4) is 0 Å². The molecular weight excluding hydrogens is 242 g/mol. The summed E-state index contributed by atoms with van der Waals surface area (Å²) in [5.41, 5.74) is 1.30. The Bertz CT molecular complexity index is 640. The third-order valence-corrected chi connectivity index (χ3v) is 4.21. The Morgan fingerprint density at radius 3 is 2.53 bits per heavy atom. The third-order valence-electron chi connectivity index (χ3n) is 4.21. The van der Waals surface area contributed by atoms with Crippen molar-refractivity contribution in [3.8, 4) is 0 Å². The lowest BCUT2D eigenvalue weighted by Gasteiger charge is -2.09. The number of aromatic carboxylic acids is 1. The maximum Gasteiger partial charge on any atom is 0.339 e. The molecule has 2 aliphatic rings. The fourth-order valence-corrected chi connectivity index (χ4v) is 2.98. The number of fused-ring (bicyclic) bond motifs is 1. The van der Waals surface area contributed by atoms with Gasteiger partial charge < -0.3 is 9.52 Å². The normalized spacial score (nSPS) is 19.2. The van der Waals surface area contributed by atoms with Gasteiger partial charge in [0.05, 0.1) is 0 Å². The van der Waals surface area contributed by atoms with Crippen LogP contribution in [0.2, 0.25) is 0 Å². The van der Waals surface area contributed by atoms with Crippen LogP contribution in [0.15, 0.2) is 22.6 Å². The number of rotatable bonds is 4. The van der Waals surface area contributed by atoms with Gasteiger partial charge in [-0.2, -0.15) is 0 Å².